The van der Waals surface area contributed by atoms with E-state index in [0.717, 1.165) is 36.3 Å². The van der Waals surface area contributed by atoms with Crippen LogP contribution in [0.2, 0.25) is 0 Å². The fraction of sp³-hybridized carbons (Fsp3) is 0.250. The second kappa shape index (κ2) is 6.04. The van der Waals surface area contributed by atoms with Gasteiger partial charge in [-0.05, 0) is 43.6 Å². The first-order chi connectivity index (χ1) is 11.8. The number of nitrogens with zero attached hydrogens (tertiary/aromatic N) is 4. The highest BCUT2D eigenvalue weighted by Gasteiger charge is 2.23. The summed E-state index contributed by atoms with van der Waals surface area (Å²) in [6.45, 7) is 0. The molecule has 3 aromatic rings. The summed E-state index contributed by atoms with van der Waals surface area (Å²) in [4.78, 5) is 0. The maximum absolute atomic E-state index is 5.34. The molecule has 0 spiro atoms. The van der Waals surface area contributed by atoms with Gasteiger partial charge in [0, 0.05) is 16.8 Å². The summed E-state index contributed by atoms with van der Waals surface area (Å²) in [5.41, 5.74) is 4.06. The van der Waals surface area contributed by atoms with Crippen LogP contribution < -0.4 is 4.74 Å². The number of methoxy groups -OCH3 is 1. The largest absolute Gasteiger partial charge is 0.496 e. The zero-order valence-electron chi connectivity index (χ0n) is 13.1. The molecule has 1 aliphatic carbocycles. The Bertz CT molecular complexity index is 967. The van der Waals surface area contributed by atoms with Crippen LogP contribution in [0.1, 0.15) is 23.2 Å². The molecule has 2 heterocycles. The van der Waals surface area contributed by atoms with E-state index in [1.165, 1.54) is 11.3 Å². The van der Waals surface area contributed by atoms with E-state index >= 15 is 0 Å². The van der Waals surface area contributed by atoms with Gasteiger partial charge in [-0.25, -0.2) is 5.10 Å². The van der Waals surface area contributed by atoms with Gasteiger partial charge in [-0.2, -0.15) is 20.0 Å². The number of hydrogen-bond donors (Lipinski definition) is 2. The van der Waals surface area contributed by atoms with Crippen LogP contribution in [0, 0.1) is 4.77 Å². The lowest BCUT2D eigenvalue weighted by Gasteiger charge is -2.03. The second-order valence-electron chi connectivity index (χ2n) is 5.53. The smallest absolute Gasteiger partial charge is 0.216 e. The van der Waals surface area contributed by atoms with Crippen LogP contribution in [-0.2, 0) is 12.8 Å². The topological polar surface area (TPSA) is 83.9 Å². The Morgan fingerprint density at radius 2 is 2.12 bits per heavy atom. The molecule has 7 nitrogen and oxygen atoms in total. The van der Waals surface area contributed by atoms with Crippen molar-refractivity contribution in [1.29, 1.82) is 0 Å². The molecule has 2 N–H and O–H groups in total. The van der Waals surface area contributed by atoms with Crippen LogP contribution >= 0.6 is 12.2 Å². The van der Waals surface area contributed by atoms with E-state index in [1.807, 2.05) is 24.3 Å². The Morgan fingerprint density at radius 3 is 3.00 bits per heavy atom. The summed E-state index contributed by atoms with van der Waals surface area (Å²) >= 11 is 5.31. The van der Waals surface area contributed by atoms with Gasteiger partial charge < -0.3 is 4.74 Å². The van der Waals surface area contributed by atoms with Gasteiger partial charge in [0.2, 0.25) is 10.6 Å². The van der Waals surface area contributed by atoms with Crippen molar-refractivity contribution in [1.82, 2.24) is 25.1 Å². The van der Waals surface area contributed by atoms with Crippen molar-refractivity contribution < 1.29 is 4.74 Å². The molecule has 0 bridgehead atoms. The van der Waals surface area contributed by atoms with E-state index in [-0.39, 0.29) is 0 Å². The molecule has 0 atom stereocenters. The van der Waals surface area contributed by atoms with Crippen molar-refractivity contribution >= 4 is 18.4 Å². The number of nitrogens with one attached hydrogen (secondary N) is 2. The molecule has 0 aliphatic heterocycles. The van der Waals surface area contributed by atoms with Gasteiger partial charge in [-0.1, -0.05) is 12.1 Å². The van der Waals surface area contributed by atoms with Crippen LogP contribution in [0.3, 0.4) is 0 Å². The zero-order valence-corrected chi connectivity index (χ0v) is 13.9. The lowest BCUT2D eigenvalue weighted by atomic mass is 10.2. The Labute approximate surface area is 143 Å². The van der Waals surface area contributed by atoms with Crippen LogP contribution in [0.15, 0.2) is 29.4 Å². The average molecular weight is 340 g/mol. The van der Waals surface area contributed by atoms with Gasteiger partial charge in [-0.3, -0.25) is 5.10 Å². The summed E-state index contributed by atoms with van der Waals surface area (Å²) in [5.74, 6) is 1.36. The first-order valence-electron chi connectivity index (χ1n) is 7.69. The number of rotatable bonds is 4. The average Bonchev–Trinajstić information content (AvgIpc) is 3.29. The van der Waals surface area contributed by atoms with Crippen LogP contribution in [0.4, 0.5) is 0 Å². The fourth-order valence-electron chi connectivity index (χ4n) is 2.95. The zero-order chi connectivity index (χ0) is 16.5. The standard InChI is InChI=1S/C16H16N6OS/c1-23-13-8-3-2-5-10(13)9-17-22-15(20-21-16(22)24)14-11-6-4-7-12(11)18-19-14/h2-3,5,8-9H,4,6-7H2,1H3,(H,18,19)(H,21,24)/b17-9+. The first kappa shape index (κ1) is 14.8. The molecule has 0 fully saturated rings. The third kappa shape index (κ3) is 2.44. The van der Waals surface area contributed by atoms with Crippen molar-refractivity contribution in [2.24, 2.45) is 5.10 Å². The molecule has 2 aromatic heterocycles. The molecular formula is C16H16N6OS. The van der Waals surface area contributed by atoms with Crippen molar-refractivity contribution in [3.8, 4) is 17.3 Å². The molecular weight excluding hydrogens is 324 g/mol. The molecule has 4 rings (SSSR count). The maximum atomic E-state index is 5.34. The highest BCUT2D eigenvalue weighted by molar-refractivity contribution is 7.71. The van der Waals surface area contributed by atoms with Crippen LogP contribution in [0.5, 0.6) is 5.75 Å². The molecule has 122 valence electrons. The van der Waals surface area contributed by atoms with Gasteiger partial charge in [0.15, 0.2) is 0 Å². The SMILES string of the molecule is COc1ccccc1/C=N/n1c(-c2n[nH]c3c2CCC3)n[nH]c1=S. The van der Waals surface area contributed by atoms with Gasteiger partial charge in [-0.15, -0.1) is 0 Å². The molecule has 1 aromatic carbocycles. The summed E-state index contributed by atoms with van der Waals surface area (Å²) in [6, 6.07) is 7.66. The Hall–Kier alpha value is -2.74. The minimum absolute atomic E-state index is 0.422. The molecule has 0 unspecified atom stereocenters. The Kier molecular flexibility index (Phi) is 3.73. The quantitative estimate of drug-likeness (QED) is 0.565. The molecule has 0 radical (unpaired) electrons. The summed E-state index contributed by atoms with van der Waals surface area (Å²) < 4.78 is 7.36. The minimum Gasteiger partial charge on any atom is -0.496 e. The Balaban J connectivity index is 1.75. The van der Waals surface area contributed by atoms with Crippen molar-refractivity contribution in [2.45, 2.75) is 19.3 Å². The molecule has 0 amide bonds. The molecule has 0 saturated carbocycles. The summed E-state index contributed by atoms with van der Waals surface area (Å²) in [6.07, 6.45) is 4.86. The highest BCUT2D eigenvalue weighted by Crippen LogP contribution is 2.29. The monoisotopic (exact) mass is 340 g/mol. The van der Waals surface area contributed by atoms with E-state index in [2.05, 4.69) is 25.5 Å². The van der Waals surface area contributed by atoms with E-state index in [1.54, 1.807) is 18.0 Å². The normalized spacial score (nSPS) is 13.5. The number of aryl methyl sites for hydroxylation is 1. The van der Waals surface area contributed by atoms with Gasteiger partial charge in [0.05, 0.1) is 13.3 Å². The number of H-pyrrole nitrogens is 2. The highest BCUT2D eigenvalue weighted by atomic mass is 32.1. The lowest BCUT2D eigenvalue weighted by Crippen LogP contribution is -1.98. The molecule has 1 aliphatic rings. The number of aromatic nitrogens is 5. The van der Waals surface area contributed by atoms with E-state index in [0.29, 0.717) is 10.6 Å². The number of fused-ring (bicyclic) bond motifs is 1. The van der Waals surface area contributed by atoms with E-state index in [9.17, 15) is 0 Å². The number of para-hydroxylation sites is 1. The van der Waals surface area contributed by atoms with Crippen molar-refractivity contribution in [2.75, 3.05) is 7.11 Å². The predicted molar refractivity (Wildman–Crippen MR) is 93.0 cm³/mol. The third-order valence-electron chi connectivity index (χ3n) is 4.12. The van der Waals surface area contributed by atoms with Gasteiger partial charge in [0.25, 0.3) is 0 Å². The first-order valence-corrected chi connectivity index (χ1v) is 8.10. The predicted octanol–water partition coefficient (Wildman–Crippen LogP) is 2.71. The fourth-order valence-corrected chi connectivity index (χ4v) is 3.13. The second-order valence-corrected chi connectivity index (χ2v) is 5.92. The molecule has 8 heteroatoms. The number of aromatic amines is 2. The lowest BCUT2D eigenvalue weighted by molar-refractivity contribution is 0.414. The van der Waals surface area contributed by atoms with E-state index in [4.69, 9.17) is 17.0 Å². The summed E-state index contributed by atoms with van der Waals surface area (Å²) in [5, 5.41) is 19.1. The van der Waals surface area contributed by atoms with Gasteiger partial charge >= 0.3 is 0 Å². The van der Waals surface area contributed by atoms with Gasteiger partial charge in [0.1, 0.15) is 11.4 Å². The van der Waals surface area contributed by atoms with E-state index < -0.39 is 0 Å². The van der Waals surface area contributed by atoms with Crippen LogP contribution in [0.25, 0.3) is 11.5 Å². The van der Waals surface area contributed by atoms with Crippen molar-refractivity contribution in [3.63, 3.8) is 0 Å². The van der Waals surface area contributed by atoms with Crippen LogP contribution in [-0.4, -0.2) is 38.4 Å². The van der Waals surface area contributed by atoms with Crippen molar-refractivity contribution in [3.05, 3.63) is 45.9 Å². The molecule has 24 heavy (non-hydrogen) atoms. The molecule has 0 saturated heterocycles. The number of benzene rings is 1. The number of hydrogen-bond acceptors (Lipinski definition) is 5. The third-order valence-corrected chi connectivity index (χ3v) is 4.38. The minimum atomic E-state index is 0.422. The Morgan fingerprint density at radius 1 is 1.25 bits per heavy atom. The maximum Gasteiger partial charge on any atom is 0.216 e. The summed E-state index contributed by atoms with van der Waals surface area (Å²) in [7, 11) is 1.63. The number of ether oxygens (including phenoxy) is 1.